The van der Waals surface area contributed by atoms with Crippen molar-refractivity contribution < 1.29 is 8.42 Å². The van der Waals surface area contributed by atoms with Crippen molar-refractivity contribution in [3.63, 3.8) is 0 Å². The lowest BCUT2D eigenvalue weighted by atomic mass is 10.6. The van der Waals surface area contributed by atoms with Gasteiger partial charge in [0.05, 0.1) is 26.5 Å². The SMILES string of the molecule is CC(C)S(=O)(=O)I. The molecule has 0 unspecified atom stereocenters. The van der Waals surface area contributed by atoms with E-state index in [0.717, 1.165) is 0 Å². The Balaban J connectivity index is 4.10. The van der Waals surface area contributed by atoms with Gasteiger partial charge in [-0.05, 0) is 13.8 Å². The zero-order valence-electron chi connectivity index (χ0n) is 4.18. The molecule has 0 rings (SSSR count). The van der Waals surface area contributed by atoms with E-state index in [9.17, 15) is 8.42 Å². The van der Waals surface area contributed by atoms with E-state index in [4.69, 9.17) is 0 Å². The first-order valence-electron chi connectivity index (χ1n) is 1.88. The number of halogens is 1. The van der Waals surface area contributed by atoms with Gasteiger partial charge >= 0.3 is 0 Å². The molecule has 0 aromatic carbocycles. The highest BCUT2D eigenvalue weighted by Crippen LogP contribution is 2.07. The van der Waals surface area contributed by atoms with E-state index >= 15 is 0 Å². The maximum Gasteiger partial charge on any atom is 0.205 e. The first-order valence-corrected chi connectivity index (χ1v) is 5.97. The van der Waals surface area contributed by atoms with Crippen molar-refractivity contribution in [3.8, 4) is 0 Å². The quantitative estimate of drug-likeness (QED) is 0.504. The number of rotatable bonds is 1. The summed E-state index contributed by atoms with van der Waals surface area (Å²) in [6.07, 6.45) is 0. The third kappa shape index (κ3) is 3.28. The van der Waals surface area contributed by atoms with Crippen molar-refractivity contribution in [2.45, 2.75) is 19.1 Å². The predicted molar refractivity (Wildman–Crippen MR) is 38.1 cm³/mol. The largest absolute Gasteiger partial charge is 0.218 e. The lowest BCUT2D eigenvalue weighted by Gasteiger charge is -1.94. The van der Waals surface area contributed by atoms with E-state index in [2.05, 4.69) is 0 Å². The topological polar surface area (TPSA) is 34.1 Å². The third-order valence-corrected chi connectivity index (χ3v) is 4.74. The van der Waals surface area contributed by atoms with Crippen LogP contribution in [0.3, 0.4) is 0 Å². The van der Waals surface area contributed by atoms with Crippen LogP contribution in [0.25, 0.3) is 0 Å². The molecule has 0 aliphatic rings. The van der Waals surface area contributed by atoms with E-state index < -0.39 is 7.01 Å². The molecule has 7 heavy (non-hydrogen) atoms. The van der Waals surface area contributed by atoms with Crippen LogP contribution < -0.4 is 0 Å². The van der Waals surface area contributed by atoms with E-state index in [1.54, 1.807) is 13.8 Å². The Morgan fingerprint density at radius 1 is 1.43 bits per heavy atom. The minimum absolute atomic E-state index is 0.243. The predicted octanol–water partition coefficient (Wildman–Crippen LogP) is 1.16. The highest BCUT2D eigenvalue weighted by molar-refractivity contribution is 14.2. The lowest BCUT2D eigenvalue weighted by Crippen LogP contribution is -2.03. The molecule has 0 aliphatic carbocycles. The van der Waals surface area contributed by atoms with Crippen molar-refractivity contribution in [1.82, 2.24) is 0 Å². The molecule has 0 aromatic rings. The van der Waals surface area contributed by atoms with Crippen LogP contribution in [0.5, 0.6) is 0 Å². The molecule has 0 aliphatic heterocycles. The Morgan fingerprint density at radius 3 is 1.57 bits per heavy atom. The number of hydrogen-bond acceptors (Lipinski definition) is 2. The monoisotopic (exact) mass is 234 g/mol. The Hall–Kier alpha value is 0.680. The second-order valence-corrected chi connectivity index (χ2v) is 7.10. The summed E-state index contributed by atoms with van der Waals surface area (Å²) >= 11 is 1.44. The molecule has 0 aromatic heterocycles. The van der Waals surface area contributed by atoms with Crippen LogP contribution in [0.2, 0.25) is 0 Å². The van der Waals surface area contributed by atoms with Gasteiger partial charge in [-0.3, -0.25) is 0 Å². The molecule has 44 valence electrons. The van der Waals surface area contributed by atoms with Gasteiger partial charge in [0.25, 0.3) is 0 Å². The van der Waals surface area contributed by atoms with E-state index in [1.165, 1.54) is 21.2 Å². The summed E-state index contributed by atoms with van der Waals surface area (Å²) in [5, 5.41) is -0.243. The van der Waals surface area contributed by atoms with Crippen molar-refractivity contribution >= 4 is 28.2 Å². The van der Waals surface area contributed by atoms with Gasteiger partial charge in [0.15, 0.2) is 0 Å². The second kappa shape index (κ2) is 2.30. The minimum atomic E-state index is -2.77. The van der Waals surface area contributed by atoms with Crippen molar-refractivity contribution in [2.75, 3.05) is 0 Å². The van der Waals surface area contributed by atoms with Gasteiger partial charge in [-0.15, -0.1) is 0 Å². The van der Waals surface area contributed by atoms with Crippen molar-refractivity contribution in [3.05, 3.63) is 0 Å². The smallest absolute Gasteiger partial charge is 0.205 e. The molecule has 4 heteroatoms. The van der Waals surface area contributed by atoms with E-state index in [-0.39, 0.29) is 5.25 Å². The minimum Gasteiger partial charge on any atom is -0.218 e. The van der Waals surface area contributed by atoms with Gasteiger partial charge in [0, 0.05) is 0 Å². The van der Waals surface area contributed by atoms with Crippen LogP contribution >= 0.6 is 21.2 Å². The Morgan fingerprint density at radius 2 is 1.57 bits per heavy atom. The fourth-order valence-corrected chi connectivity index (χ4v) is 0. The second-order valence-electron chi connectivity index (χ2n) is 1.52. The maximum atomic E-state index is 10.3. The fourth-order valence-electron chi connectivity index (χ4n) is 0. The Labute approximate surface area is 55.8 Å². The summed E-state index contributed by atoms with van der Waals surface area (Å²) in [5.74, 6) is 0. The van der Waals surface area contributed by atoms with Crippen molar-refractivity contribution in [2.24, 2.45) is 0 Å². The number of hydrogen-bond donors (Lipinski definition) is 0. The molecule has 2 nitrogen and oxygen atoms in total. The molecular weight excluding hydrogens is 227 g/mol. The molecule has 0 saturated heterocycles. The van der Waals surface area contributed by atoms with E-state index in [0.29, 0.717) is 0 Å². The summed E-state index contributed by atoms with van der Waals surface area (Å²) in [5.41, 5.74) is 0. The molecule has 0 bridgehead atoms. The zero-order chi connectivity index (χ0) is 6.08. The van der Waals surface area contributed by atoms with Crippen LogP contribution in [-0.2, 0) is 7.01 Å². The van der Waals surface area contributed by atoms with Crippen LogP contribution in [0.15, 0.2) is 0 Å². The van der Waals surface area contributed by atoms with Gasteiger partial charge in [-0.1, -0.05) is 0 Å². The van der Waals surface area contributed by atoms with Gasteiger partial charge < -0.3 is 0 Å². The lowest BCUT2D eigenvalue weighted by molar-refractivity contribution is 0.605. The highest BCUT2D eigenvalue weighted by Gasteiger charge is 2.08. The summed E-state index contributed by atoms with van der Waals surface area (Å²) < 4.78 is 20.6. The molecule has 0 atom stereocenters. The first-order chi connectivity index (χ1) is 2.94. The van der Waals surface area contributed by atoms with Crippen LogP contribution in [0.4, 0.5) is 0 Å². The normalized spacial score (nSPS) is 12.6. The summed E-state index contributed by atoms with van der Waals surface area (Å²) in [7, 11) is -2.77. The molecule has 0 fully saturated rings. The standard InChI is InChI=1S/C3H7IO2S/c1-3(2)7(4,5)6/h3H,1-2H3. The molecule has 0 spiro atoms. The molecule has 0 N–H and O–H groups in total. The molecule has 0 amide bonds. The maximum absolute atomic E-state index is 10.3. The van der Waals surface area contributed by atoms with Gasteiger partial charge in [-0.25, -0.2) is 8.42 Å². The summed E-state index contributed by atoms with van der Waals surface area (Å²) in [4.78, 5) is 0. The van der Waals surface area contributed by atoms with Gasteiger partial charge in [0.1, 0.15) is 0 Å². The fraction of sp³-hybridized carbons (Fsp3) is 1.00. The van der Waals surface area contributed by atoms with E-state index in [1.807, 2.05) is 0 Å². The molecule has 0 heterocycles. The van der Waals surface area contributed by atoms with Crippen LogP contribution in [0, 0.1) is 0 Å². The van der Waals surface area contributed by atoms with Crippen LogP contribution in [0.1, 0.15) is 13.8 Å². The summed E-state index contributed by atoms with van der Waals surface area (Å²) in [6, 6.07) is 0. The molecular formula is C3H7IO2S. The molecule has 0 radical (unpaired) electrons. The Kier molecular flexibility index (Phi) is 2.52. The van der Waals surface area contributed by atoms with Gasteiger partial charge in [0.2, 0.25) is 7.01 Å². The van der Waals surface area contributed by atoms with Crippen LogP contribution in [-0.4, -0.2) is 13.7 Å². The zero-order valence-corrected chi connectivity index (χ0v) is 7.15. The van der Waals surface area contributed by atoms with Gasteiger partial charge in [-0.2, -0.15) is 0 Å². The summed E-state index contributed by atoms with van der Waals surface area (Å²) in [6.45, 7) is 3.31. The van der Waals surface area contributed by atoms with Crippen molar-refractivity contribution in [1.29, 1.82) is 0 Å². The average molecular weight is 234 g/mol. The molecule has 0 saturated carbocycles. The highest BCUT2D eigenvalue weighted by atomic mass is 127. The average Bonchev–Trinajstić information content (AvgIpc) is 1.31. The third-order valence-electron chi connectivity index (χ3n) is 0.563. The Bertz CT molecular complexity index is 135. The first kappa shape index (κ1) is 7.68.